The Balaban J connectivity index is 1.69. The summed E-state index contributed by atoms with van der Waals surface area (Å²) >= 11 is 6.08. The lowest BCUT2D eigenvalue weighted by Gasteiger charge is -2.39. The molecule has 4 atom stereocenters. The number of carbonyl (C=O) groups is 1. The fraction of sp³-hybridized carbons (Fsp3) is 0.583. The molecule has 10 heteroatoms. The highest BCUT2D eigenvalue weighted by Gasteiger charge is 2.39. The second-order valence-corrected chi connectivity index (χ2v) is 9.67. The van der Waals surface area contributed by atoms with Gasteiger partial charge in [-0.05, 0) is 56.2 Å². The van der Waals surface area contributed by atoms with E-state index < -0.39 is 30.5 Å². The lowest BCUT2D eigenvalue weighted by molar-refractivity contribution is -0.145. The normalized spacial score (nSPS) is 23.1. The van der Waals surface area contributed by atoms with Crippen LogP contribution in [0.1, 0.15) is 38.1 Å². The highest BCUT2D eigenvalue weighted by Crippen LogP contribution is 2.37. The van der Waals surface area contributed by atoms with Crippen LogP contribution in [0.25, 0.3) is 11.3 Å². The Labute approximate surface area is 202 Å². The number of ether oxygens (including phenoxy) is 1. The molecule has 1 aromatic carbocycles. The summed E-state index contributed by atoms with van der Waals surface area (Å²) in [5, 5.41) is 13.8. The molecule has 0 saturated carbocycles. The van der Waals surface area contributed by atoms with E-state index >= 15 is 0 Å². The van der Waals surface area contributed by atoms with Crippen LogP contribution in [0.2, 0.25) is 5.02 Å². The van der Waals surface area contributed by atoms with Crippen molar-refractivity contribution in [1.29, 1.82) is 0 Å². The standard InChI is InChI=1S/C24H31ClF2N4O3/c1-14(32)24(33)31(13-15-8-18(10-26)28-11-15)22(16-4-6-34-7-5-16)23-29-12-21(30-23)19-9-17(25)2-3-20(19)27/h2-3,9,12,14-16,18,22,28,32H,4-8,10-11,13H2,1H3,(H,29,30). The van der Waals surface area contributed by atoms with E-state index in [4.69, 9.17) is 16.3 Å². The number of aromatic amines is 1. The summed E-state index contributed by atoms with van der Waals surface area (Å²) in [6, 6.07) is 3.61. The predicted octanol–water partition coefficient (Wildman–Crippen LogP) is 3.49. The van der Waals surface area contributed by atoms with E-state index in [0.29, 0.717) is 62.1 Å². The zero-order valence-electron chi connectivity index (χ0n) is 19.1. The summed E-state index contributed by atoms with van der Waals surface area (Å²) in [6.45, 7) is 3.05. The predicted molar refractivity (Wildman–Crippen MR) is 125 cm³/mol. The summed E-state index contributed by atoms with van der Waals surface area (Å²) in [5.74, 6) is -0.250. The third kappa shape index (κ3) is 5.59. The van der Waals surface area contributed by atoms with E-state index in [1.807, 2.05) is 0 Å². The van der Waals surface area contributed by atoms with Crippen molar-refractivity contribution in [2.24, 2.45) is 11.8 Å². The first-order valence-corrected chi connectivity index (χ1v) is 12.1. The van der Waals surface area contributed by atoms with Gasteiger partial charge in [0, 0.05) is 42.9 Å². The van der Waals surface area contributed by atoms with Crippen LogP contribution in [0.15, 0.2) is 24.4 Å². The number of aliphatic hydroxyl groups excluding tert-OH is 1. The SMILES string of the molecule is CC(O)C(=O)N(CC1CNC(CF)C1)C(c1ncc(-c2cc(Cl)ccc2F)[nH]1)C1CCOCC1. The van der Waals surface area contributed by atoms with Crippen molar-refractivity contribution >= 4 is 17.5 Å². The number of carbonyl (C=O) groups excluding carboxylic acids is 1. The average molecular weight is 497 g/mol. The van der Waals surface area contributed by atoms with Gasteiger partial charge in [0.05, 0.1) is 17.9 Å². The molecular weight excluding hydrogens is 466 g/mol. The van der Waals surface area contributed by atoms with Gasteiger partial charge in [0.15, 0.2) is 0 Å². The molecular formula is C24H31ClF2N4O3. The summed E-state index contributed by atoms with van der Waals surface area (Å²) in [4.78, 5) is 22.7. The molecule has 0 bridgehead atoms. The van der Waals surface area contributed by atoms with Crippen LogP contribution in [-0.4, -0.2) is 71.0 Å². The number of halogens is 3. The first-order chi connectivity index (χ1) is 16.4. The molecule has 1 aromatic heterocycles. The monoisotopic (exact) mass is 496 g/mol. The van der Waals surface area contributed by atoms with Crippen LogP contribution in [-0.2, 0) is 9.53 Å². The second kappa shape index (κ2) is 11.1. The Morgan fingerprint density at radius 3 is 2.82 bits per heavy atom. The molecule has 2 aliphatic rings. The molecule has 0 aliphatic carbocycles. The van der Waals surface area contributed by atoms with Crippen LogP contribution in [0.4, 0.5) is 8.78 Å². The van der Waals surface area contributed by atoms with E-state index in [9.17, 15) is 18.7 Å². The van der Waals surface area contributed by atoms with Crippen LogP contribution in [0.5, 0.6) is 0 Å². The molecule has 1 amide bonds. The fourth-order valence-corrected chi connectivity index (χ4v) is 5.17. The van der Waals surface area contributed by atoms with E-state index in [1.165, 1.54) is 31.3 Å². The Morgan fingerprint density at radius 1 is 1.38 bits per heavy atom. The van der Waals surface area contributed by atoms with E-state index in [2.05, 4.69) is 15.3 Å². The van der Waals surface area contributed by atoms with Gasteiger partial charge in [-0.25, -0.2) is 13.8 Å². The summed E-state index contributed by atoms with van der Waals surface area (Å²) in [7, 11) is 0. The minimum atomic E-state index is -1.20. The smallest absolute Gasteiger partial charge is 0.251 e. The molecule has 3 N–H and O–H groups in total. The number of rotatable bonds is 8. The van der Waals surface area contributed by atoms with Crippen LogP contribution in [0.3, 0.4) is 0 Å². The molecule has 4 rings (SSSR count). The quantitative estimate of drug-likeness (QED) is 0.520. The van der Waals surface area contributed by atoms with E-state index in [0.717, 1.165) is 0 Å². The van der Waals surface area contributed by atoms with Gasteiger partial charge >= 0.3 is 0 Å². The van der Waals surface area contributed by atoms with Gasteiger partial charge in [-0.1, -0.05) is 11.6 Å². The third-order valence-corrected chi connectivity index (χ3v) is 6.97. The molecule has 0 radical (unpaired) electrons. The number of amides is 1. The number of H-pyrrole nitrogens is 1. The number of alkyl halides is 1. The summed E-state index contributed by atoms with van der Waals surface area (Å²) in [5.41, 5.74) is 0.743. The fourth-order valence-electron chi connectivity index (χ4n) is 5.00. The van der Waals surface area contributed by atoms with Crippen molar-refractivity contribution < 1.29 is 23.4 Å². The zero-order valence-corrected chi connectivity index (χ0v) is 19.9. The van der Waals surface area contributed by atoms with Gasteiger partial charge in [0.1, 0.15) is 24.4 Å². The highest BCUT2D eigenvalue weighted by molar-refractivity contribution is 6.30. The molecule has 186 valence electrons. The number of benzene rings is 1. The highest BCUT2D eigenvalue weighted by atomic mass is 35.5. The van der Waals surface area contributed by atoms with Gasteiger partial charge in [-0.3, -0.25) is 4.79 Å². The number of nitrogens with zero attached hydrogens (tertiary/aromatic N) is 2. The van der Waals surface area contributed by atoms with Crippen LogP contribution in [0, 0.1) is 17.7 Å². The van der Waals surface area contributed by atoms with Gasteiger partial charge in [-0.2, -0.15) is 0 Å². The second-order valence-electron chi connectivity index (χ2n) is 9.23. The molecule has 2 saturated heterocycles. The molecule has 7 nitrogen and oxygen atoms in total. The summed E-state index contributed by atoms with van der Waals surface area (Å²) in [6.07, 6.45) is 2.38. The number of imidazole rings is 1. The number of aromatic nitrogens is 2. The van der Waals surface area contributed by atoms with Gasteiger partial charge in [-0.15, -0.1) is 0 Å². The average Bonchev–Trinajstić information content (AvgIpc) is 3.50. The largest absolute Gasteiger partial charge is 0.384 e. The minimum absolute atomic E-state index is 0.0333. The van der Waals surface area contributed by atoms with Crippen molar-refractivity contribution in [3.63, 3.8) is 0 Å². The molecule has 3 heterocycles. The Morgan fingerprint density at radius 2 is 2.15 bits per heavy atom. The molecule has 2 aromatic rings. The maximum Gasteiger partial charge on any atom is 0.251 e. The van der Waals surface area contributed by atoms with Crippen molar-refractivity contribution in [3.8, 4) is 11.3 Å². The van der Waals surface area contributed by atoms with Crippen molar-refractivity contribution in [2.75, 3.05) is 33.0 Å². The number of aliphatic hydroxyl groups is 1. The Kier molecular flexibility index (Phi) is 8.18. The first-order valence-electron chi connectivity index (χ1n) is 11.7. The molecule has 4 unspecified atom stereocenters. The number of nitrogens with one attached hydrogen (secondary N) is 2. The molecule has 2 fully saturated rings. The molecule has 34 heavy (non-hydrogen) atoms. The number of hydrogen-bond donors (Lipinski definition) is 3. The zero-order chi connectivity index (χ0) is 24.2. The van der Waals surface area contributed by atoms with Crippen molar-refractivity contribution in [2.45, 2.75) is 44.4 Å². The third-order valence-electron chi connectivity index (χ3n) is 6.74. The number of hydrogen-bond acceptors (Lipinski definition) is 5. The maximum atomic E-state index is 14.5. The van der Waals surface area contributed by atoms with E-state index in [-0.39, 0.29) is 23.4 Å². The van der Waals surface area contributed by atoms with Gasteiger partial charge in [0.25, 0.3) is 5.91 Å². The lowest BCUT2D eigenvalue weighted by Crippen LogP contribution is -2.47. The Bertz CT molecular complexity index is 983. The van der Waals surface area contributed by atoms with Crippen molar-refractivity contribution in [3.05, 3.63) is 41.1 Å². The van der Waals surface area contributed by atoms with Gasteiger partial charge < -0.3 is 25.0 Å². The minimum Gasteiger partial charge on any atom is -0.384 e. The molecule has 0 spiro atoms. The Hall–Kier alpha value is -2.07. The summed E-state index contributed by atoms with van der Waals surface area (Å²) < 4.78 is 33.2. The van der Waals surface area contributed by atoms with Gasteiger partial charge in [0.2, 0.25) is 0 Å². The van der Waals surface area contributed by atoms with Crippen LogP contribution >= 0.6 is 11.6 Å². The first kappa shape index (κ1) is 25.0. The topological polar surface area (TPSA) is 90.5 Å². The lowest BCUT2D eigenvalue weighted by atomic mass is 9.88. The maximum absolute atomic E-state index is 14.5. The van der Waals surface area contributed by atoms with Crippen molar-refractivity contribution in [1.82, 2.24) is 20.2 Å². The van der Waals surface area contributed by atoms with E-state index in [1.54, 1.807) is 4.90 Å². The molecule has 2 aliphatic heterocycles. The van der Waals surface area contributed by atoms with Crippen LogP contribution < -0.4 is 5.32 Å².